The van der Waals surface area contributed by atoms with E-state index in [2.05, 4.69) is 39.7 Å². The van der Waals surface area contributed by atoms with Gasteiger partial charge in [-0.2, -0.15) is 0 Å². The van der Waals surface area contributed by atoms with Crippen molar-refractivity contribution in [1.82, 2.24) is 9.97 Å². The average Bonchev–Trinajstić information content (AvgIpc) is 2.33. The van der Waals surface area contributed by atoms with Gasteiger partial charge < -0.3 is 9.72 Å². The van der Waals surface area contributed by atoms with E-state index in [1.165, 1.54) is 0 Å². The number of nitrogens with zero attached hydrogens (tertiary/aromatic N) is 1. The highest BCUT2D eigenvalue weighted by molar-refractivity contribution is 9.10. The number of methoxy groups -OCH3 is 1. The molecule has 0 aromatic carbocycles. The maximum Gasteiger partial charge on any atom is 0.265 e. The zero-order chi connectivity index (χ0) is 13.9. The Morgan fingerprint density at radius 3 is 2.56 bits per heavy atom. The molecule has 1 atom stereocenters. The third kappa shape index (κ3) is 3.20. The molecule has 0 radical (unpaired) electrons. The molecule has 0 bridgehead atoms. The third-order valence-corrected chi connectivity index (χ3v) is 3.98. The molecule has 1 rings (SSSR count). The fourth-order valence-corrected chi connectivity index (χ4v) is 2.04. The van der Waals surface area contributed by atoms with Crippen LogP contribution in [0.25, 0.3) is 0 Å². The molecule has 1 heterocycles. The van der Waals surface area contributed by atoms with Crippen LogP contribution in [0.15, 0.2) is 9.27 Å². The SMILES string of the molecule is CCC(C)(OC)c1nc(CC(C)C)c(Br)c(=O)[nH]1. The summed E-state index contributed by atoms with van der Waals surface area (Å²) in [5.74, 6) is 1.04. The molecular weight excluding hydrogens is 296 g/mol. The Morgan fingerprint density at radius 2 is 2.11 bits per heavy atom. The number of hydrogen-bond donors (Lipinski definition) is 1. The van der Waals surface area contributed by atoms with Gasteiger partial charge in [-0.05, 0) is 41.6 Å². The zero-order valence-corrected chi connectivity index (χ0v) is 13.2. The van der Waals surface area contributed by atoms with E-state index in [4.69, 9.17) is 4.74 Å². The second-order valence-electron chi connectivity index (χ2n) is 5.06. The van der Waals surface area contributed by atoms with Gasteiger partial charge in [-0.25, -0.2) is 4.98 Å². The van der Waals surface area contributed by atoms with E-state index in [0.29, 0.717) is 16.2 Å². The summed E-state index contributed by atoms with van der Waals surface area (Å²) < 4.78 is 6.00. The van der Waals surface area contributed by atoms with Gasteiger partial charge in [-0.15, -0.1) is 0 Å². The van der Waals surface area contributed by atoms with Gasteiger partial charge in [0.2, 0.25) is 0 Å². The minimum Gasteiger partial charge on any atom is -0.371 e. The smallest absolute Gasteiger partial charge is 0.265 e. The quantitative estimate of drug-likeness (QED) is 0.908. The van der Waals surface area contributed by atoms with Gasteiger partial charge in [0.05, 0.1) is 5.69 Å². The van der Waals surface area contributed by atoms with Crippen LogP contribution in [0, 0.1) is 5.92 Å². The molecule has 18 heavy (non-hydrogen) atoms. The van der Waals surface area contributed by atoms with Crippen molar-refractivity contribution < 1.29 is 4.74 Å². The van der Waals surface area contributed by atoms with Crippen LogP contribution in [0.1, 0.15) is 45.6 Å². The van der Waals surface area contributed by atoms with Crippen LogP contribution < -0.4 is 5.56 Å². The van der Waals surface area contributed by atoms with E-state index in [9.17, 15) is 4.79 Å². The molecule has 0 aliphatic heterocycles. The van der Waals surface area contributed by atoms with Gasteiger partial charge in [0.1, 0.15) is 15.9 Å². The number of hydrogen-bond acceptors (Lipinski definition) is 3. The lowest BCUT2D eigenvalue weighted by atomic mass is 10.0. The molecule has 0 fully saturated rings. The van der Waals surface area contributed by atoms with Crippen LogP contribution in [0.3, 0.4) is 0 Å². The fourth-order valence-electron chi connectivity index (χ4n) is 1.69. The molecule has 0 amide bonds. The summed E-state index contributed by atoms with van der Waals surface area (Å²) in [6, 6.07) is 0. The number of halogens is 1. The molecule has 1 N–H and O–H groups in total. The first kappa shape index (κ1) is 15.4. The second-order valence-corrected chi connectivity index (χ2v) is 5.85. The summed E-state index contributed by atoms with van der Waals surface area (Å²) in [7, 11) is 1.63. The predicted octanol–water partition coefficient (Wildman–Crippen LogP) is 3.00. The first-order valence-corrected chi connectivity index (χ1v) is 6.97. The second kappa shape index (κ2) is 5.97. The van der Waals surface area contributed by atoms with E-state index < -0.39 is 5.60 Å². The molecule has 4 nitrogen and oxygen atoms in total. The summed E-state index contributed by atoms with van der Waals surface area (Å²) in [6.07, 6.45) is 1.51. The van der Waals surface area contributed by atoms with Crippen molar-refractivity contribution in [2.45, 2.75) is 46.1 Å². The van der Waals surface area contributed by atoms with Crippen LogP contribution >= 0.6 is 15.9 Å². The monoisotopic (exact) mass is 316 g/mol. The molecule has 0 spiro atoms. The lowest BCUT2D eigenvalue weighted by Crippen LogP contribution is -2.30. The predicted molar refractivity (Wildman–Crippen MR) is 75.8 cm³/mol. The Bertz CT molecular complexity index is 465. The number of nitrogens with one attached hydrogen (secondary N) is 1. The molecule has 0 saturated carbocycles. The molecule has 1 aromatic rings. The highest BCUT2D eigenvalue weighted by Crippen LogP contribution is 2.26. The van der Waals surface area contributed by atoms with E-state index in [-0.39, 0.29) is 5.56 Å². The van der Waals surface area contributed by atoms with Gasteiger partial charge >= 0.3 is 0 Å². The number of ether oxygens (including phenoxy) is 1. The van der Waals surface area contributed by atoms with Crippen LogP contribution in [0.2, 0.25) is 0 Å². The number of H-pyrrole nitrogens is 1. The highest BCUT2D eigenvalue weighted by Gasteiger charge is 2.28. The molecular formula is C13H21BrN2O2. The summed E-state index contributed by atoms with van der Waals surface area (Å²) in [4.78, 5) is 19.3. The van der Waals surface area contributed by atoms with Gasteiger partial charge in [0, 0.05) is 7.11 Å². The van der Waals surface area contributed by atoms with E-state index >= 15 is 0 Å². The van der Waals surface area contributed by atoms with Gasteiger partial charge in [-0.3, -0.25) is 4.79 Å². The summed E-state index contributed by atoms with van der Waals surface area (Å²) in [6.45, 7) is 8.14. The van der Waals surface area contributed by atoms with Gasteiger partial charge in [0.15, 0.2) is 0 Å². The molecule has 1 aromatic heterocycles. The topological polar surface area (TPSA) is 55.0 Å². The van der Waals surface area contributed by atoms with Crippen molar-refractivity contribution in [3.8, 4) is 0 Å². The lowest BCUT2D eigenvalue weighted by molar-refractivity contribution is -0.00941. The molecule has 0 aliphatic rings. The first-order chi connectivity index (χ1) is 8.34. The Labute approximate surface area is 116 Å². The maximum atomic E-state index is 11.9. The summed E-state index contributed by atoms with van der Waals surface area (Å²) >= 11 is 3.31. The maximum absolute atomic E-state index is 11.9. The molecule has 102 valence electrons. The van der Waals surface area contributed by atoms with Crippen molar-refractivity contribution in [3.05, 3.63) is 26.3 Å². The molecule has 0 saturated heterocycles. The van der Waals surface area contributed by atoms with E-state index in [0.717, 1.165) is 18.5 Å². The van der Waals surface area contributed by atoms with Crippen LogP contribution in [0.4, 0.5) is 0 Å². The Morgan fingerprint density at radius 1 is 1.50 bits per heavy atom. The Hall–Kier alpha value is -0.680. The van der Waals surface area contributed by atoms with Crippen LogP contribution in [-0.4, -0.2) is 17.1 Å². The Balaban J connectivity index is 3.32. The summed E-state index contributed by atoms with van der Waals surface area (Å²) in [5, 5.41) is 0. The minimum absolute atomic E-state index is 0.146. The van der Waals surface area contributed by atoms with Crippen molar-refractivity contribution in [3.63, 3.8) is 0 Å². The molecule has 0 aliphatic carbocycles. The molecule has 1 unspecified atom stereocenters. The van der Waals surface area contributed by atoms with Crippen LogP contribution in [0.5, 0.6) is 0 Å². The average molecular weight is 317 g/mol. The highest BCUT2D eigenvalue weighted by atomic mass is 79.9. The number of aromatic nitrogens is 2. The van der Waals surface area contributed by atoms with E-state index in [1.807, 2.05) is 13.8 Å². The van der Waals surface area contributed by atoms with Crippen molar-refractivity contribution in [1.29, 1.82) is 0 Å². The first-order valence-electron chi connectivity index (χ1n) is 6.18. The zero-order valence-electron chi connectivity index (χ0n) is 11.6. The van der Waals surface area contributed by atoms with Crippen molar-refractivity contribution >= 4 is 15.9 Å². The Kier molecular flexibility index (Phi) is 5.10. The lowest BCUT2D eigenvalue weighted by Gasteiger charge is -2.26. The van der Waals surface area contributed by atoms with Gasteiger partial charge in [-0.1, -0.05) is 20.8 Å². The van der Waals surface area contributed by atoms with Gasteiger partial charge in [0.25, 0.3) is 5.56 Å². The van der Waals surface area contributed by atoms with Crippen molar-refractivity contribution in [2.75, 3.05) is 7.11 Å². The fraction of sp³-hybridized carbons (Fsp3) is 0.692. The van der Waals surface area contributed by atoms with Crippen LogP contribution in [-0.2, 0) is 16.8 Å². The van der Waals surface area contributed by atoms with Crippen molar-refractivity contribution in [2.24, 2.45) is 5.92 Å². The standard InChI is InChI=1S/C13H21BrN2O2/c1-6-13(4,18-5)12-15-9(7-8(2)3)10(14)11(17)16-12/h8H,6-7H2,1-5H3,(H,15,16,17). The van der Waals surface area contributed by atoms with E-state index in [1.54, 1.807) is 7.11 Å². The number of aromatic amines is 1. The number of rotatable bonds is 5. The largest absolute Gasteiger partial charge is 0.371 e. The molecule has 5 heteroatoms. The minimum atomic E-state index is -0.550. The third-order valence-electron chi connectivity index (χ3n) is 3.16. The summed E-state index contributed by atoms with van der Waals surface area (Å²) in [5.41, 5.74) is 0.0961. The normalized spacial score (nSPS) is 14.8.